The second-order valence-electron chi connectivity index (χ2n) is 6.49. The molecule has 0 bridgehead atoms. The van der Waals surface area contributed by atoms with Crippen LogP contribution in [-0.2, 0) is 17.8 Å². The summed E-state index contributed by atoms with van der Waals surface area (Å²) in [5.41, 5.74) is 1.89. The number of imidazole rings is 1. The predicted octanol–water partition coefficient (Wildman–Crippen LogP) is 3.58. The summed E-state index contributed by atoms with van der Waals surface area (Å²) in [5, 5.41) is 8.02. The molecule has 8 nitrogen and oxygen atoms in total. The molecule has 0 unspecified atom stereocenters. The van der Waals surface area contributed by atoms with Gasteiger partial charge in [-0.2, -0.15) is 0 Å². The number of furan rings is 1. The normalized spacial score (nSPS) is 11.2. The van der Waals surface area contributed by atoms with E-state index < -0.39 is 0 Å². The van der Waals surface area contributed by atoms with E-state index in [0.29, 0.717) is 36.9 Å². The third-order valence-electron chi connectivity index (χ3n) is 4.39. The summed E-state index contributed by atoms with van der Waals surface area (Å²) in [6.45, 7) is 2.93. The highest BCUT2D eigenvalue weighted by Crippen LogP contribution is 2.19. The highest BCUT2D eigenvalue weighted by atomic mass is 16.4. The molecule has 0 aliphatic rings. The number of benzene rings is 1. The van der Waals surface area contributed by atoms with Gasteiger partial charge in [0.25, 0.3) is 5.89 Å². The van der Waals surface area contributed by atoms with Crippen LogP contribution in [0.5, 0.6) is 0 Å². The van der Waals surface area contributed by atoms with E-state index in [1.807, 2.05) is 31.2 Å². The maximum atomic E-state index is 12.7. The van der Waals surface area contributed by atoms with E-state index in [9.17, 15) is 4.79 Å². The van der Waals surface area contributed by atoms with Crippen LogP contribution in [0.25, 0.3) is 22.7 Å². The first-order valence-electron chi connectivity index (χ1n) is 9.30. The Labute approximate surface area is 161 Å². The Balaban J connectivity index is 1.39. The quantitative estimate of drug-likeness (QED) is 0.502. The molecule has 1 aromatic carbocycles. The molecule has 4 rings (SSSR count). The molecule has 0 saturated carbocycles. The lowest BCUT2D eigenvalue weighted by molar-refractivity contribution is -0.132. The van der Waals surface area contributed by atoms with Crippen LogP contribution in [0.4, 0.5) is 0 Å². The summed E-state index contributed by atoms with van der Waals surface area (Å²) in [6.07, 6.45) is 3.30. The molecular weight excluding hydrogens is 358 g/mol. The second kappa shape index (κ2) is 8.08. The monoisotopic (exact) mass is 379 g/mol. The maximum Gasteiger partial charge on any atom is 0.283 e. The molecule has 8 heteroatoms. The van der Waals surface area contributed by atoms with E-state index in [1.54, 1.807) is 23.3 Å². The average molecular weight is 379 g/mol. The minimum absolute atomic E-state index is 0.0278. The van der Waals surface area contributed by atoms with Crippen molar-refractivity contribution in [3.63, 3.8) is 0 Å². The summed E-state index contributed by atoms with van der Waals surface area (Å²) in [5.74, 6) is 2.05. The maximum absolute atomic E-state index is 12.7. The van der Waals surface area contributed by atoms with Crippen LogP contribution in [-0.4, -0.2) is 37.5 Å². The van der Waals surface area contributed by atoms with Gasteiger partial charge in [-0.3, -0.25) is 4.79 Å². The second-order valence-corrected chi connectivity index (χ2v) is 6.49. The molecule has 3 heterocycles. The van der Waals surface area contributed by atoms with Gasteiger partial charge in [-0.25, -0.2) is 4.98 Å². The molecule has 0 fully saturated rings. The fourth-order valence-electron chi connectivity index (χ4n) is 3.05. The first kappa shape index (κ1) is 18.0. The molecule has 3 aromatic heterocycles. The van der Waals surface area contributed by atoms with E-state index in [2.05, 4.69) is 20.2 Å². The van der Waals surface area contributed by atoms with Crippen LogP contribution in [0.2, 0.25) is 0 Å². The minimum Gasteiger partial charge on any atom is -0.459 e. The number of H-pyrrole nitrogens is 1. The van der Waals surface area contributed by atoms with Crippen LogP contribution in [0.15, 0.2) is 51.5 Å². The number of amides is 1. The molecule has 1 amide bonds. The number of rotatable bonds is 8. The number of aromatic nitrogens is 4. The van der Waals surface area contributed by atoms with Crippen LogP contribution in [0.3, 0.4) is 0 Å². The highest BCUT2D eigenvalue weighted by molar-refractivity contribution is 5.77. The minimum atomic E-state index is 0.0278. The molecule has 144 valence electrons. The zero-order valence-corrected chi connectivity index (χ0v) is 15.6. The zero-order valence-electron chi connectivity index (χ0n) is 15.6. The highest BCUT2D eigenvalue weighted by Gasteiger charge is 2.18. The Morgan fingerprint density at radius 1 is 1.18 bits per heavy atom. The van der Waals surface area contributed by atoms with Gasteiger partial charge in [0.05, 0.1) is 23.8 Å². The Kier molecular flexibility index (Phi) is 5.18. The third kappa shape index (κ3) is 3.95. The van der Waals surface area contributed by atoms with E-state index >= 15 is 0 Å². The first-order valence-corrected chi connectivity index (χ1v) is 9.30. The van der Waals surface area contributed by atoms with Crippen molar-refractivity contribution in [1.82, 2.24) is 25.1 Å². The fraction of sp³-hybridized carbons (Fsp3) is 0.300. The van der Waals surface area contributed by atoms with Gasteiger partial charge in [0, 0.05) is 19.4 Å². The summed E-state index contributed by atoms with van der Waals surface area (Å²) in [7, 11) is 0. The molecule has 0 radical (unpaired) electrons. The van der Waals surface area contributed by atoms with Gasteiger partial charge < -0.3 is 18.7 Å². The van der Waals surface area contributed by atoms with Crippen molar-refractivity contribution in [3.05, 3.63) is 54.4 Å². The van der Waals surface area contributed by atoms with Crippen molar-refractivity contribution in [2.45, 2.75) is 32.7 Å². The lowest BCUT2D eigenvalue weighted by Crippen LogP contribution is -2.31. The molecule has 0 spiro atoms. The van der Waals surface area contributed by atoms with E-state index in [-0.39, 0.29) is 12.5 Å². The average Bonchev–Trinajstić information content (AvgIpc) is 3.45. The summed E-state index contributed by atoms with van der Waals surface area (Å²) < 4.78 is 10.9. The number of para-hydroxylation sites is 2. The molecule has 4 aromatic rings. The van der Waals surface area contributed by atoms with E-state index in [4.69, 9.17) is 8.83 Å². The Bertz CT molecular complexity index is 1020. The molecular formula is C20H21N5O3. The fourth-order valence-corrected chi connectivity index (χ4v) is 3.05. The summed E-state index contributed by atoms with van der Waals surface area (Å²) in [6, 6.07) is 11.3. The lowest BCUT2D eigenvalue weighted by Gasteiger charge is -2.20. The number of hydrogen-bond donors (Lipinski definition) is 1. The Morgan fingerprint density at radius 3 is 2.86 bits per heavy atom. The number of aryl methyl sites for hydroxylation is 1. The molecule has 0 aliphatic carbocycles. The Morgan fingerprint density at radius 2 is 2.07 bits per heavy atom. The molecule has 1 N–H and O–H groups in total. The Hall–Kier alpha value is -3.42. The van der Waals surface area contributed by atoms with Gasteiger partial charge in [-0.1, -0.05) is 19.1 Å². The third-order valence-corrected chi connectivity index (χ3v) is 4.39. The summed E-state index contributed by atoms with van der Waals surface area (Å²) in [4.78, 5) is 22.3. The van der Waals surface area contributed by atoms with Gasteiger partial charge >= 0.3 is 0 Å². The van der Waals surface area contributed by atoms with Crippen LogP contribution in [0.1, 0.15) is 31.5 Å². The van der Waals surface area contributed by atoms with Crippen LogP contribution >= 0.6 is 0 Å². The van der Waals surface area contributed by atoms with Gasteiger partial charge in [0.1, 0.15) is 5.82 Å². The number of carbonyl (C=O) groups excluding carboxylic acids is 1. The van der Waals surface area contributed by atoms with Gasteiger partial charge in [-0.05, 0) is 30.7 Å². The van der Waals surface area contributed by atoms with Crippen molar-refractivity contribution in [2.24, 2.45) is 0 Å². The van der Waals surface area contributed by atoms with Crippen molar-refractivity contribution in [2.75, 3.05) is 6.54 Å². The van der Waals surface area contributed by atoms with Gasteiger partial charge in [-0.15, -0.1) is 10.2 Å². The first-order chi connectivity index (χ1) is 13.7. The van der Waals surface area contributed by atoms with Gasteiger partial charge in [0.15, 0.2) is 5.76 Å². The standard InChI is InChI=1S/C20H21N5O3/c1-2-11-25(13-18-23-24-20(28-18)16-8-5-12-27-16)19(26)10-9-17-21-14-6-3-4-7-15(14)22-17/h3-8,12H,2,9-11,13H2,1H3,(H,21,22). The summed E-state index contributed by atoms with van der Waals surface area (Å²) >= 11 is 0. The van der Waals surface area contributed by atoms with Crippen molar-refractivity contribution >= 4 is 16.9 Å². The SMILES string of the molecule is CCCN(Cc1nnc(-c2ccco2)o1)C(=O)CCc1nc2ccccc2[nH]1. The number of nitrogens with zero attached hydrogens (tertiary/aromatic N) is 4. The van der Waals surface area contributed by atoms with Crippen LogP contribution in [0, 0.1) is 0 Å². The molecule has 28 heavy (non-hydrogen) atoms. The van der Waals surface area contributed by atoms with E-state index in [1.165, 1.54) is 0 Å². The van der Waals surface area contributed by atoms with Crippen molar-refractivity contribution < 1.29 is 13.6 Å². The van der Waals surface area contributed by atoms with Crippen molar-refractivity contribution in [3.8, 4) is 11.7 Å². The van der Waals surface area contributed by atoms with E-state index in [0.717, 1.165) is 23.3 Å². The largest absolute Gasteiger partial charge is 0.459 e. The number of fused-ring (bicyclic) bond motifs is 1. The van der Waals surface area contributed by atoms with Crippen molar-refractivity contribution in [1.29, 1.82) is 0 Å². The van der Waals surface area contributed by atoms with Crippen LogP contribution < -0.4 is 0 Å². The predicted molar refractivity (Wildman–Crippen MR) is 102 cm³/mol. The lowest BCUT2D eigenvalue weighted by atomic mass is 10.2. The zero-order chi connectivity index (χ0) is 19.3. The topological polar surface area (TPSA) is 101 Å². The number of hydrogen-bond acceptors (Lipinski definition) is 6. The molecule has 0 aliphatic heterocycles. The number of carbonyl (C=O) groups is 1. The molecule has 0 saturated heterocycles. The molecule has 0 atom stereocenters. The van der Waals surface area contributed by atoms with Gasteiger partial charge in [0.2, 0.25) is 11.8 Å². The number of nitrogens with one attached hydrogen (secondary N) is 1. The number of aromatic amines is 1. The smallest absolute Gasteiger partial charge is 0.283 e.